The van der Waals surface area contributed by atoms with E-state index in [-0.39, 0.29) is 12.4 Å². The Morgan fingerprint density at radius 3 is 2.80 bits per heavy atom. The van der Waals surface area contributed by atoms with E-state index in [0.29, 0.717) is 16.5 Å². The molecule has 3 aliphatic heterocycles. The molecular weight excluding hydrogens is 523 g/mol. The van der Waals surface area contributed by atoms with Gasteiger partial charge in [0.1, 0.15) is 24.7 Å². The van der Waals surface area contributed by atoms with Crippen molar-refractivity contribution in [2.45, 2.75) is 34.9 Å². The number of aromatic nitrogens is 2. The number of nitrogens with two attached hydrogens (primary N) is 1. The van der Waals surface area contributed by atoms with E-state index in [1.165, 1.54) is 37.1 Å². The lowest BCUT2D eigenvalue weighted by atomic mass is 10.1. The van der Waals surface area contributed by atoms with Crippen LogP contribution in [0.15, 0.2) is 35.5 Å². The Labute approximate surface area is 210 Å². The van der Waals surface area contributed by atoms with Crippen LogP contribution in [0.2, 0.25) is 5.02 Å². The maximum absolute atomic E-state index is 12.5. The van der Waals surface area contributed by atoms with E-state index in [2.05, 4.69) is 15.3 Å². The van der Waals surface area contributed by atoms with E-state index in [1.807, 2.05) is 12.1 Å². The SMILES string of the molecule is CN(C)C(=O)O[C@@H]1[C@H](N2c3ncnc(N)c3NC2Sc2ccc(Cl)cc2)OC2CO[P+](O)(O)O[C@@H]21. The van der Waals surface area contributed by atoms with Gasteiger partial charge >= 0.3 is 14.3 Å². The summed E-state index contributed by atoms with van der Waals surface area (Å²) < 4.78 is 22.4. The zero-order valence-electron chi connectivity index (χ0n) is 18.5. The molecule has 5 rings (SSSR count). The molecule has 188 valence electrons. The number of carbonyl (C=O) groups is 1. The maximum Gasteiger partial charge on any atom is 0.570 e. The summed E-state index contributed by atoms with van der Waals surface area (Å²) >= 11 is 7.45. The molecule has 5 N–H and O–H groups in total. The number of ether oxygens (including phenoxy) is 2. The lowest BCUT2D eigenvalue weighted by Gasteiger charge is -2.34. The average Bonchev–Trinajstić information content (AvgIpc) is 3.33. The molecule has 1 amide bonds. The number of hydrogen-bond donors (Lipinski definition) is 4. The Balaban J connectivity index is 1.52. The number of hydrogen-bond acceptors (Lipinski definition) is 13. The molecule has 0 bridgehead atoms. The minimum atomic E-state index is -4.10. The number of nitrogen functional groups attached to an aromatic ring is 1. The van der Waals surface area contributed by atoms with Crippen molar-refractivity contribution in [1.29, 1.82) is 0 Å². The van der Waals surface area contributed by atoms with Crippen molar-refractivity contribution in [2.75, 3.05) is 36.7 Å². The summed E-state index contributed by atoms with van der Waals surface area (Å²) in [7, 11) is -1.04. The van der Waals surface area contributed by atoms with Crippen LogP contribution in [0.5, 0.6) is 0 Å². The molecule has 2 unspecified atom stereocenters. The predicted octanol–water partition coefficient (Wildman–Crippen LogP) is 1.89. The Hall–Kier alpha value is -2.16. The van der Waals surface area contributed by atoms with Gasteiger partial charge < -0.3 is 25.4 Å². The zero-order chi connectivity index (χ0) is 24.9. The minimum Gasteiger partial charge on any atom is -0.438 e. The quantitative estimate of drug-likeness (QED) is 0.412. The number of nitrogens with one attached hydrogen (secondary N) is 1. The summed E-state index contributed by atoms with van der Waals surface area (Å²) in [6.07, 6.45) is -3.07. The molecule has 0 aliphatic carbocycles. The largest absolute Gasteiger partial charge is 0.570 e. The fourth-order valence-electron chi connectivity index (χ4n) is 3.91. The van der Waals surface area contributed by atoms with Crippen LogP contribution in [0.1, 0.15) is 0 Å². The van der Waals surface area contributed by atoms with E-state index < -0.39 is 44.3 Å². The third-order valence-corrected chi connectivity index (χ3v) is 7.88. The van der Waals surface area contributed by atoms with E-state index >= 15 is 0 Å². The highest BCUT2D eigenvalue weighted by molar-refractivity contribution is 8.00. The van der Waals surface area contributed by atoms with Gasteiger partial charge in [0.15, 0.2) is 35.6 Å². The Kier molecular flexibility index (Phi) is 6.57. The molecule has 1 aromatic carbocycles. The van der Waals surface area contributed by atoms with Gasteiger partial charge in [0.2, 0.25) is 0 Å². The molecule has 2 aromatic rings. The van der Waals surface area contributed by atoms with Gasteiger partial charge in [-0.2, -0.15) is 14.3 Å². The van der Waals surface area contributed by atoms with Crippen molar-refractivity contribution in [3.05, 3.63) is 35.6 Å². The number of fused-ring (bicyclic) bond motifs is 2. The molecule has 3 aliphatic rings. The molecular formula is C19H23ClN6O7PS+. The van der Waals surface area contributed by atoms with E-state index in [1.54, 1.807) is 17.0 Å². The Morgan fingerprint density at radius 2 is 2.09 bits per heavy atom. The van der Waals surface area contributed by atoms with Crippen LogP contribution < -0.4 is 16.0 Å². The van der Waals surface area contributed by atoms with Crippen molar-refractivity contribution < 1.29 is 33.1 Å². The Bertz CT molecular complexity index is 1120. The van der Waals surface area contributed by atoms with Crippen LogP contribution in [-0.2, 0) is 18.5 Å². The molecule has 16 heteroatoms. The number of carbonyl (C=O) groups excluding carboxylic acids is 1. The highest BCUT2D eigenvalue weighted by Gasteiger charge is 2.63. The van der Waals surface area contributed by atoms with Crippen molar-refractivity contribution >= 4 is 54.9 Å². The third-order valence-electron chi connectivity index (χ3n) is 5.51. The van der Waals surface area contributed by atoms with E-state index in [0.717, 1.165) is 4.90 Å². The normalized spacial score (nSPS) is 28.7. The van der Waals surface area contributed by atoms with Gasteiger partial charge in [-0.3, -0.25) is 4.90 Å². The topological polar surface area (TPSA) is 165 Å². The molecule has 0 radical (unpaired) electrons. The second-order valence-corrected chi connectivity index (χ2v) is 11.1. The maximum atomic E-state index is 12.5. The molecule has 4 heterocycles. The van der Waals surface area contributed by atoms with Crippen LogP contribution in [0.25, 0.3) is 0 Å². The predicted molar refractivity (Wildman–Crippen MR) is 128 cm³/mol. The summed E-state index contributed by atoms with van der Waals surface area (Å²) in [6, 6.07) is 7.25. The van der Waals surface area contributed by atoms with Crippen molar-refractivity contribution in [3.63, 3.8) is 0 Å². The van der Waals surface area contributed by atoms with Crippen molar-refractivity contribution in [3.8, 4) is 0 Å². The first kappa shape index (κ1) is 24.5. The summed E-state index contributed by atoms with van der Waals surface area (Å²) in [5.41, 5.74) is 6.08. The standard InChI is InChI=1S/C19H23ClN6O7PS/c1-25(2)19(27)32-14-13-11(7-30-34(28,29)33-13)31-17(14)26-16-12(15(21)22-8-23-16)24-18(26)35-10-5-3-9(20)4-6-10/h3-6,8,11,13-14,17-18,24,28-29H,7H2,1-2H3,(H2,21,22,23)/q+1/t11?,13-,14-,17+,18?/m0/s1. The molecule has 13 nitrogen and oxygen atoms in total. The molecule has 0 spiro atoms. The summed E-state index contributed by atoms with van der Waals surface area (Å²) in [5, 5.41) is 3.90. The summed E-state index contributed by atoms with van der Waals surface area (Å²) in [6.45, 7) is -0.160. The average molecular weight is 546 g/mol. The minimum absolute atomic E-state index is 0.160. The molecule has 2 saturated heterocycles. The van der Waals surface area contributed by atoms with Gasteiger partial charge in [0.05, 0.1) is 0 Å². The first-order valence-electron chi connectivity index (χ1n) is 10.4. The number of halogens is 1. The smallest absolute Gasteiger partial charge is 0.438 e. The number of amides is 1. The first-order valence-corrected chi connectivity index (χ1v) is 13.2. The van der Waals surface area contributed by atoms with Gasteiger partial charge in [-0.1, -0.05) is 23.4 Å². The second-order valence-electron chi connectivity index (χ2n) is 8.10. The molecule has 5 atom stereocenters. The highest BCUT2D eigenvalue weighted by Crippen LogP contribution is 2.59. The zero-order valence-corrected chi connectivity index (χ0v) is 21.0. The summed E-state index contributed by atoms with van der Waals surface area (Å²) in [5.74, 6) is 0.653. The van der Waals surface area contributed by atoms with Crippen LogP contribution in [0.4, 0.5) is 22.1 Å². The molecule has 0 saturated carbocycles. The van der Waals surface area contributed by atoms with Crippen LogP contribution in [0, 0.1) is 0 Å². The molecule has 35 heavy (non-hydrogen) atoms. The first-order chi connectivity index (χ1) is 16.6. The van der Waals surface area contributed by atoms with Gasteiger partial charge in [0.25, 0.3) is 0 Å². The monoisotopic (exact) mass is 545 g/mol. The number of nitrogens with zero attached hydrogens (tertiary/aromatic N) is 4. The van der Waals surface area contributed by atoms with Crippen LogP contribution >= 0.6 is 31.5 Å². The lowest BCUT2D eigenvalue weighted by Crippen LogP contribution is -2.51. The summed E-state index contributed by atoms with van der Waals surface area (Å²) in [4.78, 5) is 45.0. The third kappa shape index (κ3) is 4.80. The fourth-order valence-corrected chi connectivity index (χ4v) is 6.07. The van der Waals surface area contributed by atoms with Gasteiger partial charge in [-0.25, -0.2) is 14.8 Å². The molecule has 1 aromatic heterocycles. The Morgan fingerprint density at radius 1 is 1.34 bits per heavy atom. The van der Waals surface area contributed by atoms with E-state index in [4.69, 9.17) is 35.9 Å². The highest BCUT2D eigenvalue weighted by atomic mass is 35.5. The van der Waals surface area contributed by atoms with Gasteiger partial charge in [-0.05, 0) is 24.3 Å². The van der Waals surface area contributed by atoms with Gasteiger partial charge in [0, 0.05) is 24.0 Å². The fraction of sp³-hybridized carbons (Fsp3) is 0.421. The van der Waals surface area contributed by atoms with Crippen molar-refractivity contribution in [2.24, 2.45) is 0 Å². The lowest BCUT2D eigenvalue weighted by molar-refractivity contribution is -0.0672. The number of benzene rings is 1. The number of thioether (sulfide) groups is 1. The van der Waals surface area contributed by atoms with E-state index in [9.17, 15) is 14.6 Å². The van der Waals surface area contributed by atoms with Gasteiger partial charge in [-0.15, -0.1) is 4.52 Å². The number of anilines is 3. The second kappa shape index (κ2) is 9.37. The number of rotatable bonds is 4. The van der Waals surface area contributed by atoms with Crippen LogP contribution in [0.3, 0.4) is 0 Å². The van der Waals surface area contributed by atoms with Crippen molar-refractivity contribution in [1.82, 2.24) is 14.9 Å². The van der Waals surface area contributed by atoms with Crippen LogP contribution in [-0.4, -0.2) is 81.5 Å². The molecule has 2 fully saturated rings.